The summed E-state index contributed by atoms with van der Waals surface area (Å²) in [5.74, 6) is 17.5. The lowest BCUT2D eigenvalue weighted by atomic mass is 10.3. The van der Waals surface area contributed by atoms with Crippen LogP contribution in [-0.4, -0.2) is 5.17 Å². The van der Waals surface area contributed by atoms with Crippen LogP contribution in [0.25, 0.3) is 0 Å². The van der Waals surface area contributed by atoms with Gasteiger partial charge in [0.2, 0.25) is 5.17 Å². The molecule has 0 aliphatic rings. The number of hydrazine groups is 2. The molecule has 0 aromatic heterocycles. The molecular formula is C15H18N6S2. The van der Waals surface area contributed by atoms with Crippen LogP contribution in [0.5, 0.6) is 0 Å². The summed E-state index contributed by atoms with van der Waals surface area (Å²) in [5, 5.41) is 7.70. The number of anilines is 2. The van der Waals surface area contributed by atoms with Gasteiger partial charge < -0.3 is 5.84 Å². The molecule has 120 valence electrons. The van der Waals surface area contributed by atoms with E-state index in [1.165, 1.54) is 31.6 Å². The predicted octanol–water partition coefficient (Wildman–Crippen LogP) is 2.83. The summed E-state index contributed by atoms with van der Waals surface area (Å²) in [6.07, 6.45) is 0. The molecule has 0 bridgehead atoms. The first kappa shape index (κ1) is 17.2. The standard InChI is InChI=1S/C15H18N6S2/c1-12(20(17)13-8-4-2-5-9-13)22-23-15(19-16)21(18)14-10-6-3-7-11-14/h2-11H,1,16-18H2/b19-15+. The van der Waals surface area contributed by atoms with Gasteiger partial charge in [-0.3, -0.25) is 10.0 Å². The molecule has 0 unspecified atom stereocenters. The van der Waals surface area contributed by atoms with Gasteiger partial charge in [0.15, 0.2) is 0 Å². The Morgan fingerprint density at radius 3 is 1.78 bits per heavy atom. The molecule has 8 heteroatoms. The number of nitrogens with zero attached hydrogens (tertiary/aromatic N) is 3. The zero-order chi connectivity index (χ0) is 16.7. The zero-order valence-electron chi connectivity index (χ0n) is 12.4. The van der Waals surface area contributed by atoms with Gasteiger partial charge >= 0.3 is 0 Å². The highest BCUT2D eigenvalue weighted by atomic mass is 33.1. The van der Waals surface area contributed by atoms with E-state index in [1.807, 2.05) is 60.7 Å². The maximum atomic E-state index is 6.04. The van der Waals surface area contributed by atoms with Crippen LogP contribution in [-0.2, 0) is 0 Å². The number of para-hydroxylation sites is 2. The van der Waals surface area contributed by atoms with Crippen molar-refractivity contribution < 1.29 is 0 Å². The fourth-order valence-corrected chi connectivity index (χ4v) is 3.39. The molecule has 0 saturated heterocycles. The number of hydrazone groups is 1. The minimum atomic E-state index is 0.434. The minimum Gasteiger partial charge on any atom is -0.321 e. The van der Waals surface area contributed by atoms with Crippen molar-refractivity contribution >= 4 is 38.1 Å². The summed E-state index contributed by atoms with van der Waals surface area (Å²) < 4.78 is 0. The van der Waals surface area contributed by atoms with Crippen LogP contribution in [0.4, 0.5) is 11.4 Å². The van der Waals surface area contributed by atoms with E-state index in [9.17, 15) is 0 Å². The van der Waals surface area contributed by atoms with E-state index < -0.39 is 0 Å². The van der Waals surface area contributed by atoms with Crippen molar-refractivity contribution in [3.63, 3.8) is 0 Å². The van der Waals surface area contributed by atoms with Gasteiger partial charge in [-0.05, 0) is 45.9 Å². The monoisotopic (exact) mass is 346 g/mol. The van der Waals surface area contributed by atoms with Crippen LogP contribution < -0.4 is 27.5 Å². The largest absolute Gasteiger partial charge is 0.321 e. The molecule has 2 rings (SSSR count). The molecule has 0 spiro atoms. The van der Waals surface area contributed by atoms with Crippen molar-refractivity contribution in [3.05, 3.63) is 72.3 Å². The molecule has 2 aromatic carbocycles. The van der Waals surface area contributed by atoms with Crippen molar-refractivity contribution in [1.82, 2.24) is 0 Å². The van der Waals surface area contributed by atoms with Gasteiger partial charge in [-0.2, -0.15) is 5.10 Å². The molecule has 0 heterocycles. The second-order valence-electron chi connectivity index (χ2n) is 4.38. The molecule has 0 amide bonds. The third-order valence-electron chi connectivity index (χ3n) is 2.87. The average Bonchev–Trinajstić information content (AvgIpc) is 2.62. The zero-order valence-corrected chi connectivity index (χ0v) is 14.0. The van der Waals surface area contributed by atoms with E-state index in [1.54, 1.807) is 0 Å². The number of rotatable bonds is 5. The molecule has 0 saturated carbocycles. The van der Waals surface area contributed by atoms with Crippen molar-refractivity contribution in [1.29, 1.82) is 0 Å². The first-order chi connectivity index (χ1) is 11.1. The van der Waals surface area contributed by atoms with Crippen LogP contribution in [0.2, 0.25) is 0 Å². The topological polar surface area (TPSA) is 96.9 Å². The first-order valence-electron chi connectivity index (χ1n) is 6.64. The van der Waals surface area contributed by atoms with Gasteiger partial charge in [-0.1, -0.05) is 43.0 Å². The molecule has 6 nitrogen and oxygen atoms in total. The third kappa shape index (κ3) is 4.67. The van der Waals surface area contributed by atoms with Gasteiger partial charge in [0.1, 0.15) is 0 Å². The van der Waals surface area contributed by atoms with Crippen molar-refractivity contribution in [2.45, 2.75) is 0 Å². The van der Waals surface area contributed by atoms with Gasteiger partial charge in [0.25, 0.3) is 0 Å². The van der Waals surface area contributed by atoms with Crippen LogP contribution in [0.15, 0.2) is 77.4 Å². The smallest absolute Gasteiger partial charge is 0.212 e. The first-order valence-corrected chi connectivity index (χ1v) is 8.79. The van der Waals surface area contributed by atoms with E-state index in [-0.39, 0.29) is 0 Å². The van der Waals surface area contributed by atoms with E-state index in [2.05, 4.69) is 11.7 Å². The lowest BCUT2D eigenvalue weighted by Gasteiger charge is -2.22. The fourth-order valence-electron chi connectivity index (χ4n) is 1.68. The van der Waals surface area contributed by atoms with E-state index in [4.69, 9.17) is 17.5 Å². The molecule has 0 aliphatic heterocycles. The molecule has 0 aliphatic carbocycles. The molecule has 2 aromatic rings. The third-order valence-corrected chi connectivity index (χ3v) is 5.06. The van der Waals surface area contributed by atoms with Crippen LogP contribution in [0.1, 0.15) is 0 Å². The Balaban J connectivity index is 1.97. The highest BCUT2D eigenvalue weighted by Gasteiger charge is 2.14. The van der Waals surface area contributed by atoms with Crippen molar-refractivity contribution in [2.75, 3.05) is 10.0 Å². The lowest BCUT2D eigenvalue weighted by Crippen LogP contribution is -2.36. The molecular weight excluding hydrogens is 328 g/mol. The minimum absolute atomic E-state index is 0.434. The van der Waals surface area contributed by atoms with Crippen molar-refractivity contribution in [3.8, 4) is 0 Å². The quantitative estimate of drug-likeness (QED) is 0.252. The van der Waals surface area contributed by atoms with E-state index in [0.717, 1.165) is 11.4 Å². The normalized spacial score (nSPS) is 11.1. The number of hydrogen-bond acceptors (Lipinski definition) is 7. The van der Waals surface area contributed by atoms with Crippen LogP contribution >= 0.6 is 21.6 Å². The summed E-state index contributed by atoms with van der Waals surface area (Å²) in [6, 6.07) is 18.9. The number of amidine groups is 1. The molecule has 0 atom stereocenters. The Kier molecular flexibility index (Phi) is 6.36. The summed E-state index contributed by atoms with van der Waals surface area (Å²) >= 11 is 0. The summed E-state index contributed by atoms with van der Waals surface area (Å²) in [7, 11) is 2.60. The van der Waals surface area contributed by atoms with Gasteiger partial charge in [-0.25, -0.2) is 11.7 Å². The molecule has 23 heavy (non-hydrogen) atoms. The highest BCUT2D eigenvalue weighted by molar-refractivity contribution is 8.83. The maximum absolute atomic E-state index is 6.04. The SMILES string of the molecule is C=C(SS/C(=N/N)N(N)c1ccccc1)N(N)c1ccccc1. The highest BCUT2D eigenvalue weighted by Crippen LogP contribution is 2.34. The Morgan fingerprint density at radius 2 is 1.30 bits per heavy atom. The number of nitrogens with two attached hydrogens (primary N) is 3. The average molecular weight is 346 g/mol. The van der Waals surface area contributed by atoms with Gasteiger partial charge in [-0.15, -0.1) is 0 Å². The lowest BCUT2D eigenvalue weighted by molar-refractivity contribution is 1.07. The Bertz CT molecular complexity index is 662. The maximum Gasteiger partial charge on any atom is 0.212 e. The second kappa shape index (κ2) is 8.49. The fraction of sp³-hybridized carbons (Fsp3) is 0. The van der Waals surface area contributed by atoms with Crippen molar-refractivity contribution in [2.24, 2.45) is 22.6 Å². The summed E-state index contributed by atoms with van der Waals surface area (Å²) in [6.45, 7) is 3.96. The molecule has 0 radical (unpaired) electrons. The second-order valence-corrected chi connectivity index (χ2v) is 6.55. The molecule has 6 N–H and O–H groups in total. The molecule has 0 fully saturated rings. The van der Waals surface area contributed by atoms with Crippen LogP contribution in [0.3, 0.4) is 0 Å². The Morgan fingerprint density at radius 1 is 0.826 bits per heavy atom. The summed E-state index contributed by atoms with van der Waals surface area (Å²) in [4.78, 5) is 0. The van der Waals surface area contributed by atoms with Crippen LogP contribution in [0, 0.1) is 0 Å². The Hall–Kier alpha value is -2.13. The number of benzene rings is 2. The van der Waals surface area contributed by atoms with E-state index >= 15 is 0 Å². The number of hydrogen-bond donors (Lipinski definition) is 3. The Labute approximate surface area is 143 Å². The summed E-state index contributed by atoms with van der Waals surface area (Å²) in [5.41, 5.74) is 1.62. The predicted molar refractivity (Wildman–Crippen MR) is 102 cm³/mol. The van der Waals surface area contributed by atoms with Gasteiger partial charge in [0.05, 0.1) is 16.4 Å². The van der Waals surface area contributed by atoms with E-state index in [0.29, 0.717) is 10.2 Å². The van der Waals surface area contributed by atoms with Gasteiger partial charge in [0, 0.05) is 0 Å².